The topological polar surface area (TPSA) is 0 Å². The Morgan fingerprint density at radius 3 is 2.18 bits per heavy atom. The zero-order valence-corrected chi connectivity index (χ0v) is 14.9. The van der Waals surface area contributed by atoms with E-state index in [1.807, 2.05) is 0 Å². The molecule has 0 bridgehead atoms. The van der Waals surface area contributed by atoms with Gasteiger partial charge in [-0.25, -0.2) is 0 Å². The molecule has 0 amide bonds. The Balaban J connectivity index is 1.72. The highest BCUT2D eigenvalue weighted by molar-refractivity contribution is 5.20. The van der Waals surface area contributed by atoms with Gasteiger partial charge in [0.05, 0.1) is 0 Å². The molecule has 1 aromatic carbocycles. The maximum absolute atomic E-state index is 2.37. The average molecular weight is 301 g/mol. The summed E-state index contributed by atoms with van der Waals surface area (Å²) < 4.78 is 0. The molecule has 2 rings (SSSR count). The van der Waals surface area contributed by atoms with Crippen LogP contribution in [0.5, 0.6) is 0 Å². The summed E-state index contributed by atoms with van der Waals surface area (Å²) in [5.41, 5.74) is 1.58. The van der Waals surface area contributed by atoms with E-state index in [9.17, 15) is 0 Å². The summed E-state index contributed by atoms with van der Waals surface area (Å²) in [4.78, 5) is 0. The molecule has 0 radical (unpaired) electrons. The number of rotatable bonds is 9. The number of hydrogen-bond donors (Lipinski definition) is 0. The van der Waals surface area contributed by atoms with Crippen molar-refractivity contribution in [3.63, 3.8) is 0 Å². The van der Waals surface area contributed by atoms with E-state index in [-0.39, 0.29) is 0 Å². The zero-order chi connectivity index (χ0) is 15.6. The van der Waals surface area contributed by atoms with Gasteiger partial charge in [-0.1, -0.05) is 95.5 Å². The van der Waals surface area contributed by atoms with E-state index >= 15 is 0 Å². The summed E-state index contributed by atoms with van der Waals surface area (Å²) in [6, 6.07) is 11.2. The van der Waals surface area contributed by atoms with Crippen molar-refractivity contribution in [1.29, 1.82) is 0 Å². The van der Waals surface area contributed by atoms with Crippen LogP contribution in [0.4, 0.5) is 0 Å². The van der Waals surface area contributed by atoms with Crippen LogP contribution in [-0.2, 0) is 0 Å². The van der Waals surface area contributed by atoms with Crippen LogP contribution in [0.2, 0.25) is 0 Å². The van der Waals surface area contributed by atoms with Crippen molar-refractivity contribution in [1.82, 2.24) is 0 Å². The highest BCUT2D eigenvalue weighted by Crippen LogP contribution is 2.41. The van der Waals surface area contributed by atoms with Crippen LogP contribution in [0.1, 0.15) is 96.0 Å². The SMILES string of the molecule is CCCCCCC[C@H]1CC[C@H](C(CC)c2ccccc2)CC1. The fourth-order valence-electron chi connectivity index (χ4n) is 4.46. The molecule has 0 nitrogen and oxygen atoms in total. The lowest BCUT2D eigenvalue weighted by Gasteiger charge is -2.34. The van der Waals surface area contributed by atoms with Gasteiger partial charge in [0.15, 0.2) is 0 Å². The highest BCUT2D eigenvalue weighted by atomic mass is 14.3. The second-order valence-electron chi connectivity index (χ2n) is 7.41. The smallest absolute Gasteiger partial charge is 0.0136 e. The van der Waals surface area contributed by atoms with Crippen molar-refractivity contribution in [2.24, 2.45) is 11.8 Å². The standard InChI is InChI=1S/C22H36/c1-3-5-6-7-9-12-19-15-17-21(18-16-19)22(4-2)20-13-10-8-11-14-20/h8,10-11,13-14,19,21-22H,3-7,9,12,15-18H2,1-2H3/t19-,21-,22?. The van der Waals surface area contributed by atoms with Crippen LogP contribution in [0.25, 0.3) is 0 Å². The second kappa shape index (κ2) is 10.1. The summed E-state index contributed by atoms with van der Waals surface area (Å²) >= 11 is 0. The lowest BCUT2D eigenvalue weighted by atomic mass is 9.72. The summed E-state index contributed by atoms with van der Waals surface area (Å²) in [6.45, 7) is 4.68. The third-order valence-electron chi connectivity index (χ3n) is 5.84. The molecule has 0 aliphatic heterocycles. The third kappa shape index (κ3) is 5.45. The Morgan fingerprint density at radius 2 is 1.55 bits per heavy atom. The van der Waals surface area contributed by atoms with E-state index < -0.39 is 0 Å². The van der Waals surface area contributed by atoms with Crippen molar-refractivity contribution >= 4 is 0 Å². The molecule has 124 valence electrons. The monoisotopic (exact) mass is 300 g/mol. The summed E-state index contributed by atoms with van der Waals surface area (Å²) in [7, 11) is 0. The molecule has 1 fully saturated rings. The Labute approximate surface area is 138 Å². The Bertz CT molecular complexity index is 372. The first-order valence-corrected chi connectivity index (χ1v) is 9.90. The van der Waals surface area contributed by atoms with Crippen LogP contribution in [0, 0.1) is 11.8 Å². The number of unbranched alkanes of at least 4 members (excludes halogenated alkanes) is 4. The number of benzene rings is 1. The quantitative estimate of drug-likeness (QED) is 0.418. The third-order valence-corrected chi connectivity index (χ3v) is 5.84. The fourth-order valence-corrected chi connectivity index (χ4v) is 4.46. The molecular formula is C22H36. The summed E-state index contributed by atoms with van der Waals surface area (Å²) in [5.74, 6) is 2.77. The molecule has 1 atom stereocenters. The van der Waals surface area contributed by atoms with Crippen molar-refractivity contribution in [3.05, 3.63) is 35.9 Å². The molecule has 0 N–H and O–H groups in total. The van der Waals surface area contributed by atoms with Gasteiger partial charge in [0.25, 0.3) is 0 Å². The Kier molecular flexibility index (Phi) is 8.05. The molecule has 1 aromatic rings. The molecule has 1 aliphatic rings. The summed E-state index contributed by atoms with van der Waals surface area (Å²) in [6.07, 6.45) is 15.9. The van der Waals surface area contributed by atoms with E-state index in [4.69, 9.17) is 0 Å². The maximum Gasteiger partial charge on any atom is -0.0136 e. The minimum absolute atomic E-state index is 0.798. The lowest BCUT2D eigenvalue weighted by molar-refractivity contribution is 0.227. The van der Waals surface area contributed by atoms with E-state index in [0.717, 1.165) is 17.8 Å². The number of hydrogen-bond acceptors (Lipinski definition) is 0. The van der Waals surface area contributed by atoms with Crippen molar-refractivity contribution in [3.8, 4) is 0 Å². The van der Waals surface area contributed by atoms with Crippen LogP contribution < -0.4 is 0 Å². The van der Waals surface area contributed by atoms with Gasteiger partial charge in [0.2, 0.25) is 0 Å². The van der Waals surface area contributed by atoms with Gasteiger partial charge in [-0.15, -0.1) is 0 Å². The van der Waals surface area contributed by atoms with Crippen molar-refractivity contribution in [2.75, 3.05) is 0 Å². The van der Waals surface area contributed by atoms with Gasteiger partial charge < -0.3 is 0 Å². The first-order chi connectivity index (χ1) is 10.8. The van der Waals surface area contributed by atoms with Crippen LogP contribution in [0.15, 0.2) is 30.3 Å². The predicted octanol–water partition coefficient (Wildman–Crippen LogP) is 7.35. The Morgan fingerprint density at radius 1 is 0.864 bits per heavy atom. The average Bonchev–Trinajstić information content (AvgIpc) is 2.58. The maximum atomic E-state index is 2.37. The van der Waals surface area contributed by atoms with E-state index in [0.29, 0.717) is 0 Å². The predicted molar refractivity (Wildman–Crippen MR) is 98.3 cm³/mol. The molecule has 0 spiro atoms. The van der Waals surface area contributed by atoms with E-state index in [2.05, 4.69) is 44.2 Å². The highest BCUT2D eigenvalue weighted by Gasteiger charge is 2.27. The molecule has 22 heavy (non-hydrogen) atoms. The molecule has 0 saturated heterocycles. The molecule has 0 heteroatoms. The minimum Gasteiger partial charge on any atom is -0.0654 e. The van der Waals surface area contributed by atoms with Crippen LogP contribution in [0.3, 0.4) is 0 Å². The van der Waals surface area contributed by atoms with Gasteiger partial charge in [0.1, 0.15) is 0 Å². The molecule has 1 saturated carbocycles. The normalized spacial score (nSPS) is 23.4. The molecule has 1 unspecified atom stereocenters. The van der Waals surface area contributed by atoms with Gasteiger partial charge in [0, 0.05) is 0 Å². The van der Waals surface area contributed by atoms with E-state index in [1.54, 1.807) is 5.56 Å². The second-order valence-corrected chi connectivity index (χ2v) is 7.41. The van der Waals surface area contributed by atoms with Gasteiger partial charge in [-0.05, 0) is 42.6 Å². The van der Waals surface area contributed by atoms with Crippen molar-refractivity contribution in [2.45, 2.75) is 90.4 Å². The van der Waals surface area contributed by atoms with Gasteiger partial charge >= 0.3 is 0 Å². The molecule has 0 heterocycles. The Hall–Kier alpha value is -0.780. The van der Waals surface area contributed by atoms with Crippen LogP contribution in [-0.4, -0.2) is 0 Å². The zero-order valence-electron chi connectivity index (χ0n) is 14.9. The first kappa shape index (κ1) is 17.6. The fraction of sp³-hybridized carbons (Fsp3) is 0.727. The molecular weight excluding hydrogens is 264 g/mol. The first-order valence-electron chi connectivity index (χ1n) is 9.90. The molecule has 1 aliphatic carbocycles. The van der Waals surface area contributed by atoms with Gasteiger partial charge in [-0.2, -0.15) is 0 Å². The lowest BCUT2D eigenvalue weighted by Crippen LogP contribution is -2.20. The van der Waals surface area contributed by atoms with Gasteiger partial charge in [-0.3, -0.25) is 0 Å². The minimum atomic E-state index is 0.798. The van der Waals surface area contributed by atoms with Crippen LogP contribution >= 0.6 is 0 Å². The van der Waals surface area contributed by atoms with E-state index in [1.165, 1.54) is 70.6 Å². The van der Waals surface area contributed by atoms with Crippen molar-refractivity contribution < 1.29 is 0 Å². The summed E-state index contributed by atoms with van der Waals surface area (Å²) in [5, 5.41) is 0. The molecule has 0 aromatic heterocycles. The largest absolute Gasteiger partial charge is 0.0654 e.